The molecule has 0 amide bonds. The molecule has 0 saturated carbocycles. The number of carboxylic acids is 1. The fourth-order valence-electron chi connectivity index (χ4n) is 0.316. The Balaban J connectivity index is 0. The molecule has 1 unspecified atom stereocenters. The monoisotopic (exact) mass is 179 g/mol. The fraction of sp³-hybridized carbons (Fsp3) is 0.857. The van der Waals surface area contributed by atoms with E-state index >= 15 is 0 Å². The van der Waals surface area contributed by atoms with Gasteiger partial charge >= 0.3 is 5.97 Å². The molecule has 0 aliphatic carbocycles. The molecule has 0 aromatic heterocycles. The molecule has 0 aliphatic rings. The molecule has 1 atom stereocenters. The van der Waals surface area contributed by atoms with Gasteiger partial charge < -0.3 is 10.8 Å². The highest BCUT2D eigenvalue weighted by Gasteiger charge is 2.09. The third kappa shape index (κ3) is 9.78. The van der Waals surface area contributed by atoms with Crippen LogP contribution in [0.4, 0.5) is 0 Å². The second-order valence-corrected chi connectivity index (χ2v) is 2.92. The van der Waals surface area contributed by atoms with E-state index in [4.69, 9.17) is 10.8 Å². The summed E-state index contributed by atoms with van der Waals surface area (Å²) in [5.74, 6) is 0.503. The van der Waals surface area contributed by atoms with E-state index in [0.717, 1.165) is 5.75 Å². The number of rotatable bonds is 4. The Morgan fingerprint density at radius 1 is 1.64 bits per heavy atom. The summed E-state index contributed by atoms with van der Waals surface area (Å²) in [5.41, 5.74) is 5.18. The minimum atomic E-state index is -0.920. The van der Waals surface area contributed by atoms with E-state index in [9.17, 15) is 4.79 Å². The predicted octanol–water partition coefficient (Wildman–Crippen LogP) is 1.18. The summed E-state index contributed by atoms with van der Waals surface area (Å²) in [7, 11) is 0. The van der Waals surface area contributed by atoms with Crippen molar-refractivity contribution in [2.75, 3.05) is 11.5 Å². The summed E-state index contributed by atoms with van der Waals surface area (Å²) in [6.07, 6.45) is 0. The van der Waals surface area contributed by atoms with Crippen LogP contribution in [-0.2, 0) is 4.79 Å². The summed E-state index contributed by atoms with van der Waals surface area (Å²) in [5, 5.41) is 8.27. The zero-order chi connectivity index (χ0) is 9.28. The van der Waals surface area contributed by atoms with Gasteiger partial charge in [-0.15, -0.1) is 0 Å². The minimum Gasteiger partial charge on any atom is -0.480 e. The molecule has 0 bridgehead atoms. The molecule has 11 heavy (non-hydrogen) atoms. The minimum absolute atomic E-state index is 0.506. The Hall–Kier alpha value is -0.220. The summed E-state index contributed by atoms with van der Waals surface area (Å²) in [6, 6.07) is -0.699. The van der Waals surface area contributed by atoms with Gasteiger partial charge in [-0.3, -0.25) is 4.79 Å². The predicted molar refractivity (Wildman–Crippen MR) is 50.0 cm³/mol. The normalized spacial score (nSPS) is 11.3. The van der Waals surface area contributed by atoms with E-state index in [1.165, 1.54) is 11.8 Å². The van der Waals surface area contributed by atoms with Crippen LogP contribution >= 0.6 is 11.8 Å². The molecule has 0 saturated heterocycles. The maximum Gasteiger partial charge on any atom is 0.321 e. The van der Waals surface area contributed by atoms with E-state index in [1.807, 2.05) is 20.8 Å². The van der Waals surface area contributed by atoms with Crippen molar-refractivity contribution in [3.8, 4) is 0 Å². The number of hydrogen-bond acceptors (Lipinski definition) is 3. The highest BCUT2D eigenvalue weighted by atomic mass is 32.2. The van der Waals surface area contributed by atoms with Gasteiger partial charge in [-0.2, -0.15) is 11.8 Å². The van der Waals surface area contributed by atoms with Gasteiger partial charge in [-0.05, 0) is 5.75 Å². The van der Waals surface area contributed by atoms with E-state index in [1.54, 1.807) is 0 Å². The lowest BCUT2D eigenvalue weighted by molar-refractivity contribution is -0.137. The van der Waals surface area contributed by atoms with Crippen molar-refractivity contribution in [1.29, 1.82) is 0 Å². The SMILES string of the molecule is CC.CCSCC(N)C(=O)O. The summed E-state index contributed by atoms with van der Waals surface area (Å²) >= 11 is 1.54. The van der Waals surface area contributed by atoms with Crippen LogP contribution in [-0.4, -0.2) is 28.6 Å². The Bertz CT molecular complexity index is 98.4. The topological polar surface area (TPSA) is 63.3 Å². The van der Waals surface area contributed by atoms with Gasteiger partial charge in [0.2, 0.25) is 0 Å². The third-order valence-electron chi connectivity index (χ3n) is 0.819. The summed E-state index contributed by atoms with van der Waals surface area (Å²) in [6.45, 7) is 5.97. The smallest absolute Gasteiger partial charge is 0.321 e. The molecule has 0 aliphatic heterocycles. The standard InChI is InChI=1S/C5H11NO2S.C2H6/c1-2-9-3-4(6)5(7)8;1-2/h4H,2-3,6H2,1H3,(H,7,8);1-2H3. The van der Waals surface area contributed by atoms with Crippen LogP contribution in [0.15, 0.2) is 0 Å². The molecule has 0 aromatic rings. The highest BCUT2D eigenvalue weighted by Crippen LogP contribution is 1.99. The average Bonchev–Trinajstić information content (AvgIpc) is 2.03. The number of aliphatic carboxylic acids is 1. The molecular formula is C7H17NO2S. The van der Waals surface area contributed by atoms with Gasteiger partial charge in [0, 0.05) is 5.75 Å². The lowest BCUT2D eigenvalue weighted by atomic mass is 10.4. The fourth-order valence-corrected chi connectivity index (χ4v) is 0.948. The molecule has 0 radical (unpaired) electrons. The van der Waals surface area contributed by atoms with E-state index in [0.29, 0.717) is 5.75 Å². The molecule has 0 rings (SSSR count). The molecule has 3 nitrogen and oxygen atoms in total. The maximum absolute atomic E-state index is 10.1. The molecule has 0 aromatic carbocycles. The number of hydrogen-bond donors (Lipinski definition) is 2. The average molecular weight is 179 g/mol. The van der Waals surface area contributed by atoms with Crippen molar-refractivity contribution < 1.29 is 9.90 Å². The zero-order valence-corrected chi connectivity index (χ0v) is 8.15. The molecular weight excluding hydrogens is 162 g/mol. The van der Waals surface area contributed by atoms with Crippen LogP contribution in [0.25, 0.3) is 0 Å². The summed E-state index contributed by atoms with van der Waals surface area (Å²) < 4.78 is 0. The first-order chi connectivity index (χ1) is 5.18. The van der Waals surface area contributed by atoms with Gasteiger partial charge in [-0.1, -0.05) is 20.8 Å². The van der Waals surface area contributed by atoms with E-state index < -0.39 is 12.0 Å². The van der Waals surface area contributed by atoms with Crippen molar-refractivity contribution in [1.82, 2.24) is 0 Å². The second-order valence-electron chi connectivity index (χ2n) is 1.60. The number of carboxylic acid groups (broad SMARTS) is 1. The first kappa shape index (κ1) is 13.4. The largest absolute Gasteiger partial charge is 0.480 e. The van der Waals surface area contributed by atoms with Gasteiger partial charge in [0.05, 0.1) is 0 Å². The molecule has 0 fully saturated rings. The van der Waals surface area contributed by atoms with Crippen LogP contribution < -0.4 is 5.73 Å². The molecule has 3 N–H and O–H groups in total. The first-order valence-electron chi connectivity index (χ1n) is 3.74. The van der Waals surface area contributed by atoms with E-state index in [-0.39, 0.29) is 0 Å². The van der Waals surface area contributed by atoms with Crippen molar-refractivity contribution in [2.45, 2.75) is 26.8 Å². The second kappa shape index (κ2) is 9.78. The van der Waals surface area contributed by atoms with E-state index in [2.05, 4.69) is 0 Å². The maximum atomic E-state index is 10.1. The van der Waals surface area contributed by atoms with Gasteiger partial charge in [0.15, 0.2) is 0 Å². The van der Waals surface area contributed by atoms with Crippen LogP contribution in [0, 0.1) is 0 Å². The number of carbonyl (C=O) groups is 1. The Morgan fingerprint density at radius 3 is 2.36 bits per heavy atom. The van der Waals surface area contributed by atoms with Crippen molar-refractivity contribution in [2.24, 2.45) is 5.73 Å². The highest BCUT2D eigenvalue weighted by molar-refractivity contribution is 7.99. The van der Waals surface area contributed by atoms with Gasteiger partial charge in [0.25, 0.3) is 0 Å². The first-order valence-corrected chi connectivity index (χ1v) is 4.90. The molecule has 4 heteroatoms. The molecule has 0 spiro atoms. The Morgan fingerprint density at radius 2 is 2.09 bits per heavy atom. The number of thioether (sulfide) groups is 1. The number of nitrogens with two attached hydrogens (primary N) is 1. The summed E-state index contributed by atoms with van der Waals surface area (Å²) in [4.78, 5) is 10.1. The van der Waals surface area contributed by atoms with Crippen LogP contribution in [0.1, 0.15) is 20.8 Å². The quantitative estimate of drug-likeness (QED) is 0.680. The third-order valence-corrected chi connectivity index (χ3v) is 1.82. The lowest BCUT2D eigenvalue weighted by Gasteiger charge is -2.02. The van der Waals surface area contributed by atoms with Crippen LogP contribution in [0.2, 0.25) is 0 Å². The van der Waals surface area contributed by atoms with Gasteiger partial charge in [0.1, 0.15) is 6.04 Å². The Labute approximate surface area is 72.4 Å². The lowest BCUT2D eigenvalue weighted by Crippen LogP contribution is -2.32. The Kier molecular flexibility index (Phi) is 11.9. The van der Waals surface area contributed by atoms with Crippen molar-refractivity contribution in [3.63, 3.8) is 0 Å². The van der Waals surface area contributed by atoms with Crippen molar-refractivity contribution >= 4 is 17.7 Å². The molecule has 68 valence electrons. The van der Waals surface area contributed by atoms with Crippen molar-refractivity contribution in [3.05, 3.63) is 0 Å². The zero-order valence-electron chi connectivity index (χ0n) is 7.33. The molecule has 0 heterocycles. The van der Waals surface area contributed by atoms with Crippen LogP contribution in [0.3, 0.4) is 0 Å². The van der Waals surface area contributed by atoms with Gasteiger partial charge in [-0.25, -0.2) is 0 Å². The van der Waals surface area contributed by atoms with Crippen LogP contribution in [0.5, 0.6) is 0 Å².